The minimum Gasteiger partial charge on any atom is -0.426 e. The highest BCUT2D eigenvalue weighted by Crippen LogP contribution is 2.24. The molecule has 1 aromatic heterocycles. The van der Waals surface area contributed by atoms with Crippen LogP contribution in [0, 0.1) is 0 Å². The quantitative estimate of drug-likeness (QED) is 0.622. The Morgan fingerprint density at radius 2 is 1.88 bits per heavy atom. The van der Waals surface area contributed by atoms with Crippen LogP contribution in [0.5, 0.6) is 5.75 Å². The third kappa shape index (κ3) is 4.70. The van der Waals surface area contributed by atoms with E-state index in [0.29, 0.717) is 17.9 Å². The molecule has 1 atom stereocenters. The molecule has 1 saturated heterocycles. The Hall–Kier alpha value is -2.67. The number of nitrogens with zero attached hydrogens (tertiary/aromatic N) is 1. The maximum absolute atomic E-state index is 12.0. The molecular weight excluding hydrogens is 352 g/mol. The summed E-state index contributed by atoms with van der Waals surface area (Å²) in [6.45, 7) is 2.05. The number of hydrogen-bond acceptors (Lipinski definition) is 6. The van der Waals surface area contributed by atoms with Gasteiger partial charge in [0.25, 0.3) is 5.24 Å². The van der Waals surface area contributed by atoms with Crippen LogP contribution in [0.25, 0.3) is 0 Å². The molecule has 0 bridgehead atoms. The largest absolute Gasteiger partial charge is 0.426 e. The van der Waals surface area contributed by atoms with Crippen molar-refractivity contribution in [3.05, 3.63) is 59.4 Å². The van der Waals surface area contributed by atoms with E-state index in [0.717, 1.165) is 29.3 Å². The average molecular weight is 370 g/mol. The number of esters is 1. The second-order valence-corrected chi connectivity index (χ2v) is 7.07. The Kier molecular flexibility index (Phi) is 5.68. The molecular formula is C19H18N2O4S. The Balaban J connectivity index is 1.54. The molecule has 0 aliphatic carbocycles. The van der Waals surface area contributed by atoms with Crippen molar-refractivity contribution < 1.29 is 19.1 Å². The highest BCUT2D eigenvalue weighted by molar-refractivity contribution is 8.15. The van der Waals surface area contributed by atoms with Gasteiger partial charge < -0.3 is 4.74 Å². The minimum atomic E-state index is -0.409. The number of hydrogen-bond donors (Lipinski definition) is 1. The van der Waals surface area contributed by atoms with Crippen molar-refractivity contribution in [2.75, 3.05) is 0 Å². The summed E-state index contributed by atoms with van der Waals surface area (Å²) in [4.78, 5) is 39.0. The van der Waals surface area contributed by atoms with Gasteiger partial charge in [0.1, 0.15) is 5.75 Å². The van der Waals surface area contributed by atoms with Crippen molar-refractivity contribution in [3.63, 3.8) is 0 Å². The standard InChI is InChI=1S/C19H18N2O4S/c1-2-12-3-6-14(20-11-12)10-17(22)25-15-7-4-13(5-8-15)9-16-18(23)21-19(24)26-16/h3-8,11,16H,2,9-10H2,1H3,(H,21,23,24). The third-order valence-electron chi connectivity index (χ3n) is 3.96. The van der Waals surface area contributed by atoms with E-state index in [1.165, 1.54) is 0 Å². The predicted octanol–water partition coefficient (Wildman–Crippen LogP) is 2.69. The Labute approximate surface area is 155 Å². The van der Waals surface area contributed by atoms with E-state index in [4.69, 9.17) is 4.74 Å². The van der Waals surface area contributed by atoms with Crippen molar-refractivity contribution >= 4 is 28.9 Å². The minimum absolute atomic E-state index is 0.104. The zero-order valence-corrected chi connectivity index (χ0v) is 15.0. The number of nitrogens with one attached hydrogen (secondary N) is 1. The van der Waals surface area contributed by atoms with Crippen molar-refractivity contribution in [2.45, 2.75) is 31.4 Å². The van der Waals surface area contributed by atoms with Gasteiger partial charge >= 0.3 is 5.97 Å². The fraction of sp³-hybridized carbons (Fsp3) is 0.263. The van der Waals surface area contributed by atoms with Gasteiger partial charge in [-0.05, 0) is 42.2 Å². The zero-order valence-electron chi connectivity index (χ0n) is 14.2. The molecule has 0 spiro atoms. The topological polar surface area (TPSA) is 85.4 Å². The predicted molar refractivity (Wildman–Crippen MR) is 98.0 cm³/mol. The van der Waals surface area contributed by atoms with E-state index >= 15 is 0 Å². The Bertz CT molecular complexity index is 818. The van der Waals surface area contributed by atoms with Crippen molar-refractivity contribution in [2.24, 2.45) is 0 Å². The summed E-state index contributed by atoms with van der Waals surface area (Å²) in [6.07, 6.45) is 3.22. The van der Waals surface area contributed by atoms with Crippen molar-refractivity contribution in [3.8, 4) is 5.75 Å². The summed E-state index contributed by atoms with van der Waals surface area (Å²) in [7, 11) is 0. The summed E-state index contributed by atoms with van der Waals surface area (Å²) in [5.41, 5.74) is 2.68. The normalized spacial score (nSPS) is 16.4. The molecule has 2 aromatic rings. The van der Waals surface area contributed by atoms with Gasteiger partial charge in [-0.2, -0.15) is 0 Å². The van der Waals surface area contributed by atoms with Gasteiger partial charge in [-0.3, -0.25) is 24.7 Å². The Morgan fingerprint density at radius 3 is 2.46 bits per heavy atom. The first-order valence-corrected chi connectivity index (χ1v) is 9.16. The van der Waals surface area contributed by atoms with Crippen LogP contribution in [-0.4, -0.2) is 27.3 Å². The number of aromatic nitrogens is 1. The lowest BCUT2D eigenvalue weighted by Gasteiger charge is -2.08. The molecule has 0 saturated carbocycles. The molecule has 0 radical (unpaired) electrons. The number of benzene rings is 1. The molecule has 7 heteroatoms. The zero-order chi connectivity index (χ0) is 18.5. The lowest BCUT2D eigenvalue weighted by atomic mass is 10.1. The SMILES string of the molecule is CCc1ccc(CC(=O)Oc2ccc(CC3SC(=O)NC3=O)cc2)nc1. The first-order valence-electron chi connectivity index (χ1n) is 8.28. The van der Waals surface area contributed by atoms with Crippen LogP contribution in [0.15, 0.2) is 42.6 Å². The molecule has 1 aromatic carbocycles. The average Bonchev–Trinajstić information content (AvgIpc) is 2.94. The summed E-state index contributed by atoms with van der Waals surface area (Å²) in [5.74, 6) is -0.216. The first kappa shape index (κ1) is 18.1. The number of thioether (sulfide) groups is 1. The van der Waals surface area contributed by atoms with E-state index < -0.39 is 5.25 Å². The van der Waals surface area contributed by atoms with Crippen molar-refractivity contribution in [1.82, 2.24) is 10.3 Å². The number of ether oxygens (including phenoxy) is 1. The molecule has 1 aliphatic heterocycles. The third-order valence-corrected chi connectivity index (χ3v) is 4.94. The van der Waals surface area contributed by atoms with Gasteiger partial charge in [-0.25, -0.2) is 0 Å². The van der Waals surface area contributed by atoms with Crippen LogP contribution < -0.4 is 10.1 Å². The fourth-order valence-electron chi connectivity index (χ4n) is 2.52. The van der Waals surface area contributed by atoms with Crippen LogP contribution in [0.3, 0.4) is 0 Å². The van der Waals surface area contributed by atoms with Gasteiger partial charge in [-0.1, -0.05) is 36.9 Å². The summed E-state index contributed by atoms with van der Waals surface area (Å²) in [5, 5.41) is 1.54. The Morgan fingerprint density at radius 1 is 1.15 bits per heavy atom. The van der Waals surface area contributed by atoms with E-state index in [-0.39, 0.29) is 23.5 Å². The number of pyridine rings is 1. The number of amides is 2. The molecule has 1 unspecified atom stereocenters. The molecule has 134 valence electrons. The maximum Gasteiger partial charge on any atom is 0.317 e. The van der Waals surface area contributed by atoms with E-state index in [9.17, 15) is 14.4 Å². The molecule has 1 N–H and O–H groups in total. The summed E-state index contributed by atoms with van der Waals surface area (Å²) >= 11 is 0.995. The maximum atomic E-state index is 12.0. The molecule has 6 nitrogen and oxygen atoms in total. The number of imide groups is 1. The van der Waals surface area contributed by atoms with Gasteiger partial charge in [0.05, 0.1) is 17.4 Å². The highest BCUT2D eigenvalue weighted by atomic mass is 32.2. The lowest BCUT2D eigenvalue weighted by Crippen LogP contribution is -2.25. The molecule has 3 rings (SSSR count). The van der Waals surface area contributed by atoms with Gasteiger partial charge in [-0.15, -0.1) is 0 Å². The summed E-state index contributed by atoms with van der Waals surface area (Å²) in [6, 6.07) is 10.7. The van der Waals surface area contributed by atoms with Gasteiger partial charge in [0.15, 0.2) is 0 Å². The van der Waals surface area contributed by atoms with Gasteiger partial charge in [0.2, 0.25) is 5.91 Å². The molecule has 2 amide bonds. The van der Waals surface area contributed by atoms with Crippen LogP contribution in [0.2, 0.25) is 0 Å². The number of rotatable bonds is 6. The molecule has 1 fully saturated rings. The second kappa shape index (κ2) is 8.14. The van der Waals surface area contributed by atoms with E-state index in [1.54, 1.807) is 30.5 Å². The highest BCUT2D eigenvalue weighted by Gasteiger charge is 2.31. The lowest BCUT2D eigenvalue weighted by molar-refractivity contribution is -0.133. The summed E-state index contributed by atoms with van der Waals surface area (Å²) < 4.78 is 5.32. The molecule has 1 aliphatic rings. The fourth-order valence-corrected chi connectivity index (χ4v) is 3.38. The van der Waals surface area contributed by atoms with Crippen LogP contribution in [-0.2, 0) is 28.9 Å². The van der Waals surface area contributed by atoms with Crippen molar-refractivity contribution in [1.29, 1.82) is 0 Å². The molecule has 2 heterocycles. The first-order chi connectivity index (χ1) is 12.5. The number of aryl methyl sites for hydroxylation is 1. The van der Waals surface area contributed by atoms with Crippen LogP contribution in [0.1, 0.15) is 23.7 Å². The monoisotopic (exact) mass is 370 g/mol. The van der Waals surface area contributed by atoms with E-state index in [1.807, 2.05) is 19.1 Å². The second-order valence-electron chi connectivity index (χ2n) is 5.89. The van der Waals surface area contributed by atoms with E-state index in [2.05, 4.69) is 10.3 Å². The number of carbonyl (C=O) groups excluding carboxylic acids is 3. The molecule has 26 heavy (non-hydrogen) atoms. The number of carbonyl (C=O) groups is 3. The van der Waals surface area contributed by atoms with Crippen LogP contribution >= 0.6 is 11.8 Å². The van der Waals surface area contributed by atoms with Gasteiger partial charge in [0, 0.05) is 6.20 Å². The smallest absolute Gasteiger partial charge is 0.317 e. The van der Waals surface area contributed by atoms with Crippen LogP contribution in [0.4, 0.5) is 4.79 Å².